The molecule has 0 fully saturated rings. The highest BCUT2D eigenvalue weighted by molar-refractivity contribution is 5.66. The van der Waals surface area contributed by atoms with Crippen molar-refractivity contribution in [3.8, 4) is 0 Å². The van der Waals surface area contributed by atoms with E-state index in [1.54, 1.807) is 0 Å². The molecule has 0 bridgehead atoms. The molecule has 0 heterocycles. The van der Waals surface area contributed by atoms with Gasteiger partial charge < -0.3 is 10.2 Å². The number of unbranched alkanes of at least 4 members (excludes halogenated alkanes) is 3. The Bertz CT molecular complexity index is 470. The highest BCUT2D eigenvalue weighted by Crippen LogP contribution is 2.06. The van der Waals surface area contributed by atoms with E-state index in [4.69, 9.17) is 5.11 Å². The largest absolute Gasteiger partial charge is 0.481 e. The molecule has 0 aliphatic heterocycles. The zero-order valence-electron chi connectivity index (χ0n) is 16.2. The van der Waals surface area contributed by atoms with E-state index in [1.165, 1.54) is 25.7 Å². The fourth-order valence-electron chi connectivity index (χ4n) is 2.26. The van der Waals surface area contributed by atoms with E-state index in [0.717, 1.165) is 19.3 Å². The molecular weight excluding hydrogens is 324 g/mol. The second-order valence-electron chi connectivity index (χ2n) is 6.31. The van der Waals surface area contributed by atoms with Gasteiger partial charge in [0.05, 0.1) is 0 Å². The lowest BCUT2D eigenvalue weighted by Crippen LogP contribution is -2.00. The summed E-state index contributed by atoms with van der Waals surface area (Å²) in [4.78, 5) is 10.4. The second kappa shape index (κ2) is 19.5. The van der Waals surface area contributed by atoms with Crippen LogP contribution >= 0.6 is 0 Å². The topological polar surface area (TPSA) is 57.5 Å². The van der Waals surface area contributed by atoms with Crippen molar-refractivity contribution in [2.24, 2.45) is 5.92 Å². The summed E-state index contributed by atoms with van der Waals surface area (Å²) in [5.41, 5.74) is 0. The Hall–Kier alpha value is -1.87. The van der Waals surface area contributed by atoms with Crippen LogP contribution in [0.15, 0.2) is 60.8 Å². The van der Waals surface area contributed by atoms with E-state index in [1.807, 2.05) is 24.3 Å². The minimum atomic E-state index is -0.783. The van der Waals surface area contributed by atoms with Gasteiger partial charge in [0.25, 0.3) is 0 Å². The molecule has 0 amide bonds. The first-order valence-corrected chi connectivity index (χ1v) is 9.81. The number of rotatable bonds is 16. The molecule has 1 unspecified atom stereocenters. The molecular formula is C23H36O3. The molecule has 0 saturated heterocycles. The zero-order chi connectivity index (χ0) is 19.3. The Labute approximate surface area is 159 Å². The van der Waals surface area contributed by atoms with Gasteiger partial charge in [-0.1, -0.05) is 80.5 Å². The van der Waals surface area contributed by atoms with Crippen LogP contribution in [0.2, 0.25) is 0 Å². The molecule has 0 aromatic carbocycles. The normalized spacial score (nSPS) is 13.9. The second-order valence-corrected chi connectivity index (χ2v) is 6.31. The van der Waals surface area contributed by atoms with Crippen molar-refractivity contribution in [2.75, 3.05) is 6.61 Å². The molecule has 0 aromatic heterocycles. The molecule has 0 radical (unpaired) electrons. The summed E-state index contributed by atoms with van der Waals surface area (Å²) in [7, 11) is 0. The van der Waals surface area contributed by atoms with Crippen LogP contribution in [-0.4, -0.2) is 22.8 Å². The van der Waals surface area contributed by atoms with Gasteiger partial charge >= 0.3 is 5.97 Å². The van der Waals surface area contributed by atoms with Crippen LogP contribution in [0.3, 0.4) is 0 Å². The van der Waals surface area contributed by atoms with Crippen LogP contribution in [0.5, 0.6) is 0 Å². The summed E-state index contributed by atoms with van der Waals surface area (Å²) >= 11 is 0. The highest BCUT2D eigenvalue weighted by Gasteiger charge is 1.98. The first-order chi connectivity index (χ1) is 12.7. The van der Waals surface area contributed by atoms with Crippen molar-refractivity contribution in [3.05, 3.63) is 60.8 Å². The fraction of sp³-hybridized carbons (Fsp3) is 0.522. The standard InChI is InChI=1S/C23H36O3/c1-2-3-4-5-6-7-8-9-10-11-12-15-18-22(21-24)19-16-13-14-17-20-23(25)26/h6-7,9-10,12-16,19,22,24H,2-5,8,11,17-18,20-21H2,1H3,(H,25,26). The number of aliphatic hydroxyl groups excluding tert-OH is 1. The Morgan fingerprint density at radius 1 is 0.885 bits per heavy atom. The summed E-state index contributed by atoms with van der Waals surface area (Å²) in [6.45, 7) is 2.34. The smallest absolute Gasteiger partial charge is 0.303 e. The van der Waals surface area contributed by atoms with E-state index >= 15 is 0 Å². The fourth-order valence-corrected chi connectivity index (χ4v) is 2.26. The molecule has 3 nitrogen and oxygen atoms in total. The molecule has 0 saturated carbocycles. The zero-order valence-corrected chi connectivity index (χ0v) is 16.2. The van der Waals surface area contributed by atoms with Crippen molar-refractivity contribution in [1.82, 2.24) is 0 Å². The summed E-state index contributed by atoms with van der Waals surface area (Å²) in [5.74, 6) is -0.681. The molecule has 0 spiro atoms. The molecule has 3 heteroatoms. The average molecular weight is 361 g/mol. The summed E-state index contributed by atoms with van der Waals surface area (Å²) in [6.07, 6.45) is 29.1. The number of hydrogen-bond acceptors (Lipinski definition) is 2. The molecule has 146 valence electrons. The van der Waals surface area contributed by atoms with E-state index < -0.39 is 5.97 Å². The lowest BCUT2D eigenvalue weighted by molar-refractivity contribution is -0.136. The Morgan fingerprint density at radius 2 is 1.58 bits per heavy atom. The van der Waals surface area contributed by atoms with Gasteiger partial charge in [0.1, 0.15) is 0 Å². The van der Waals surface area contributed by atoms with Crippen molar-refractivity contribution < 1.29 is 15.0 Å². The Balaban J connectivity index is 3.82. The van der Waals surface area contributed by atoms with Gasteiger partial charge in [-0.2, -0.15) is 0 Å². The van der Waals surface area contributed by atoms with Gasteiger partial charge in [-0.3, -0.25) is 4.79 Å². The van der Waals surface area contributed by atoms with E-state index in [-0.39, 0.29) is 18.9 Å². The van der Waals surface area contributed by atoms with E-state index in [9.17, 15) is 9.90 Å². The minimum absolute atomic E-state index is 0.102. The van der Waals surface area contributed by atoms with Gasteiger partial charge in [-0.05, 0) is 38.5 Å². The van der Waals surface area contributed by atoms with Crippen LogP contribution in [0.1, 0.15) is 64.7 Å². The number of carbonyl (C=O) groups is 1. The number of allylic oxidation sites excluding steroid dienone is 9. The van der Waals surface area contributed by atoms with E-state index in [2.05, 4.69) is 43.4 Å². The quantitative estimate of drug-likeness (QED) is 0.202. The third kappa shape index (κ3) is 18.5. The first kappa shape index (κ1) is 24.1. The lowest BCUT2D eigenvalue weighted by Gasteiger charge is -2.04. The predicted molar refractivity (Wildman–Crippen MR) is 111 cm³/mol. The summed E-state index contributed by atoms with van der Waals surface area (Å²) in [5, 5.41) is 17.9. The van der Waals surface area contributed by atoms with Gasteiger partial charge in [-0.25, -0.2) is 0 Å². The SMILES string of the molecule is CCCCCC=CCC=CCC=CCC(C=CC=CCCC(=O)O)CO. The third-order valence-electron chi connectivity index (χ3n) is 3.85. The van der Waals surface area contributed by atoms with E-state index in [0.29, 0.717) is 6.42 Å². The number of aliphatic carboxylic acids is 1. The average Bonchev–Trinajstić information content (AvgIpc) is 2.63. The highest BCUT2D eigenvalue weighted by atomic mass is 16.4. The van der Waals surface area contributed by atoms with Crippen molar-refractivity contribution in [1.29, 1.82) is 0 Å². The van der Waals surface area contributed by atoms with Gasteiger partial charge in [0, 0.05) is 18.9 Å². The molecule has 26 heavy (non-hydrogen) atoms. The van der Waals surface area contributed by atoms with Gasteiger partial charge in [-0.15, -0.1) is 0 Å². The van der Waals surface area contributed by atoms with Crippen LogP contribution in [0.4, 0.5) is 0 Å². The third-order valence-corrected chi connectivity index (χ3v) is 3.85. The summed E-state index contributed by atoms with van der Waals surface area (Å²) in [6, 6.07) is 0. The Morgan fingerprint density at radius 3 is 2.23 bits per heavy atom. The maximum Gasteiger partial charge on any atom is 0.303 e. The molecule has 1 atom stereocenters. The monoisotopic (exact) mass is 360 g/mol. The van der Waals surface area contributed by atoms with Crippen molar-refractivity contribution in [3.63, 3.8) is 0 Å². The Kier molecular flexibility index (Phi) is 18.1. The van der Waals surface area contributed by atoms with Crippen molar-refractivity contribution in [2.45, 2.75) is 64.7 Å². The molecule has 0 rings (SSSR count). The van der Waals surface area contributed by atoms with Gasteiger partial charge in [0.2, 0.25) is 0 Å². The number of aliphatic hydroxyl groups is 1. The minimum Gasteiger partial charge on any atom is -0.481 e. The lowest BCUT2D eigenvalue weighted by atomic mass is 10.1. The predicted octanol–water partition coefficient (Wildman–Crippen LogP) is 5.99. The number of carboxylic acids is 1. The van der Waals surface area contributed by atoms with Crippen molar-refractivity contribution >= 4 is 5.97 Å². The summed E-state index contributed by atoms with van der Waals surface area (Å²) < 4.78 is 0. The molecule has 2 N–H and O–H groups in total. The number of carboxylic acid groups (broad SMARTS) is 1. The van der Waals surface area contributed by atoms with Crippen LogP contribution < -0.4 is 0 Å². The molecule has 0 aromatic rings. The number of hydrogen-bond donors (Lipinski definition) is 2. The van der Waals surface area contributed by atoms with Crippen LogP contribution in [-0.2, 0) is 4.79 Å². The van der Waals surface area contributed by atoms with Crippen LogP contribution in [0, 0.1) is 5.92 Å². The van der Waals surface area contributed by atoms with Crippen LogP contribution in [0.25, 0.3) is 0 Å². The maximum absolute atomic E-state index is 10.4. The van der Waals surface area contributed by atoms with Gasteiger partial charge in [0.15, 0.2) is 0 Å². The molecule has 0 aliphatic rings. The maximum atomic E-state index is 10.4. The first-order valence-electron chi connectivity index (χ1n) is 9.81. The molecule has 0 aliphatic carbocycles.